The maximum absolute atomic E-state index is 13.0. The Bertz CT molecular complexity index is 584. The van der Waals surface area contributed by atoms with E-state index in [1.165, 1.54) is 32.1 Å². The number of benzene rings is 1. The molecule has 4 nitrogen and oxygen atoms in total. The largest absolute Gasteiger partial charge is 0.336 e. The van der Waals surface area contributed by atoms with Crippen molar-refractivity contribution in [2.75, 3.05) is 24.7 Å². The Morgan fingerprint density at radius 2 is 1.75 bits per heavy atom. The van der Waals surface area contributed by atoms with E-state index < -0.39 is 5.79 Å². The molecule has 2 aliphatic rings. The summed E-state index contributed by atoms with van der Waals surface area (Å²) in [4.78, 5) is 14.7. The van der Waals surface area contributed by atoms with Gasteiger partial charge in [0.25, 0.3) is 11.7 Å². The summed E-state index contributed by atoms with van der Waals surface area (Å²) in [7, 11) is 0. The van der Waals surface area contributed by atoms with E-state index in [1.807, 2.05) is 18.2 Å². The van der Waals surface area contributed by atoms with Crippen LogP contribution in [0.4, 0.5) is 5.69 Å². The van der Waals surface area contributed by atoms with Crippen LogP contribution >= 0.6 is 11.6 Å². The molecule has 1 aromatic carbocycles. The van der Waals surface area contributed by atoms with Gasteiger partial charge in [-0.1, -0.05) is 69.2 Å². The molecule has 0 N–H and O–H groups in total. The molecule has 24 heavy (non-hydrogen) atoms. The molecular weight excluding hydrogens is 326 g/mol. The molecule has 0 bridgehead atoms. The molecule has 1 fully saturated rings. The summed E-state index contributed by atoms with van der Waals surface area (Å²) >= 11 is 6.38. The minimum absolute atomic E-state index is 0.130. The molecule has 2 aliphatic heterocycles. The summed E-state index contributed by atoms with van der Waals surface area (Å²) in [6.07, 6.45) is 8.47. The van der Waals surface area contributed by atoms with Crippen LogP contribution in [-0.2, 0) is 20.1 Å². The number of carbonyl (C=O) groups excluding carboxylic acids is 1. The normalized spacial score (nSPS) is 18.6. The van der Waals surface area contributed by atoms with E-state index in [9.17, 15) is 4.79 Å². The van der Waals surface area contributed by atoms with Crippen molar-refractivity contribution in [3.05, 3.63) is 28.8 Å². The van der Waals surface area contributed by atoms with E-state index in [2.05, 4.69) is 6.92 Å². The first-order valence-corrected chi connectivity index (χ1v) is 9.47. The first-order valence-electron chi connectivity index (χ1n) is 9.09. The van der Waals surface area contributed by atoms with Gasteiger partial charge in [-0.2, -0.15) is 0 Å². The van der Waals surface area contributed by atoms with Crippen LogP contribution in [0.5, 0.6) is 0 Å². The number of carbonyl (C=O) groups is 1. The van der Waals surface area contributed by atoms with E-state index in [0.717, 1.165) is 24.1 Å². The second-order valence-corrected chi connectivity index (χ2v) is 6.93. The van der Waals surface area contributed by atoms with Crippen molar-refractivity contribution in [1.82, 2.24) is 0 Å². The van der Waals surface area contributed by atoms with Crippen LogP contribution in [0.2, 0.25) is 5.02 Å². The molecule has 0 aliphatic carbocycles. The number of amides is 1. The SMILES string of the molecule is CCCCCCCCCN1C(=O)C2(OCCO2)c2cccc(Cl)c21. The Hall–Kier alpha value is -1.10. The third-order valence-corrected chi connectivity index (χ3v) is 5.12. The lowest BCUT2D eigenvalue weighted by Gasteiger charge is -2.22. The number of hydrogen-bond acceptors (Lipinski definition) is 3. The summed E-state index contributed by atoms with van der Waals surface area (Å²) in [5.41, 5.74) is 1.51. The summed E-state index contributed by atoms with van der Waals surface area (Å²) in [5.74, 6) is -1.39. The molecule has 0 atom stereocenters. The number of unbranched alkanes of at least 4 members (excludes halogenated alkanes) is 6. The lowest BCUT2D eigenvalue weighted by molar-refractivity contribution is -0.180. The third-order valence-electron chi connectivity index (χ3n) is 4.82. The first-order chi connectivity index (χ1) is 11.7. The Kier molecular flexibility index (Phi) is 5.80. The smallest absolute Gasteiger partial charge is 0.292 e. The molecular formula is C19H26ClNO3. The van der Waals surface area contributed by atoms with Gasteiger partial charge in [0.15, 0.2) is 0 Å². The Balaban J connectivity index is 1.65. The number of fused-ring (bicyclic) bond motifs is 2. The minimum atomic E-state index is -1.26. The average molecular weight is 352 g/mol. The fraction of sp³-hybridized carbons (Fsp3) is 0.632. The van der Waals surface area contributed by atoms with Crippen molar-refractivity contribution in [2.24, 2.45) is 0 Å². The van der Waals surface area contributed by atoms with Gasteiger partial charge in [-0.05, 0) is 12.5 Å². The van der Waals surface area contributed by atoms with Crippen LogP contribution in [0.1, 0.15) is 57.4 Å². The molecule has 5 heteroatoms. The summed E-state index contributed by atoms with van der Waals surface area (Å²) in [5, 5.41) is 0.583. The van der Waals surface area contributed by atoms with E-state index in [4.69, 9.17) is 21.1 Å². The van der Waals surface area contributed by atoms with Gasteiger partial charge in [-0.3, -0.25) is 4.79 Å². The Morgan fingerprint density at radius 1 is 1.08 bits per heavy atom. The number of hydrogen-bond donors (Lipinski definition) is 0. The number of ether oxygens (including phenoxy) is 2. The summed E-state index contributed by atoms with van der Waals surface area (Å²) in [6.45, 7) is 3.76. The highest BCUT2D eigenvalue weighted by atomic mass is 35.5. The number of rotatable bonds is 8. The maximum atomic E-state index is 13.0. The van der Waals surface area contributed by atoms with E-state index in [1.54, 1.807) is 4.90 Å². The number of para-hydroxylation sites is 1. The van der Waals surface area contributed by atoms with Crippen LogP contribution in [0.25, 0.3) is 0 Å². The number of anilines is 1. The summed E-state index contributed by atoms with van der Waals surface area (Å²) in [6, 6.07) is 5.55. The van der Waals surface area contributed by atoms with Crippen LogP contribution in [0, 0.1) is 0 Å². The second kappa shape index (κ2) is 7.85. The quantitative estimate of drug-likeness (QED) is 0.640. The Labute approximate surface area is 149 Å². The first kappa shape index (κ1) is 17.7. The van der Waals surface area contributed by atoms with Crippen molar-refractivity contribution in [2.45, 2.75) is 57.7 Å². The molecule has 1 amide bonds. The third kappa shape index (κ3) is 3.19. The van der Waals surface area contributed by atoms with Crippen LogP contribution < -0.4 is 4.90 Å². The predicted octanol–water partition coefficient (Wildman–Crippen LogP) is 4.64. The molecule has 1 saturated heterocycles. The highest BCUT2D eigenvalue weighted by Crippen LogP contribution is 2.48. The van der Waals surface area contributed by atoms with Crippen molar-refractivity contribution in [3.63, 3.8) is 0 Å². The van der Waals surface area contributed by atoms with Gasteiger partial charge in [0.1, 0.15) is 0 Å². The van der Waals surface area contributed by atoms with E-state index in [-0.39, 0.29) is 5.91 Å². The van der Waals surface area contributed by atoms with E-state index in [0.29, 0.717) is 24.8 Å². The summed E-state index contributed by atoms with van der Waals surface area (Å²) < 4.78 is 11.5. The topological polar surface area (TPSA) is 38.8 Å². The molecule has 0 unspecified atom stereocenters. The second-order valence-electron chi connectivity index (χ2n) is 6.53. The highest BCUT2D eigenvalue weighted by molar-refractivity contribution is 6.35. The fourth-order valence-corrected chi connectivity index (χ4v) is 3.86. The number of nitrogens with zero attached hydrogens (tertiary/aromatic N) is 1. The van der Waals surface area contributed by atoms with Gasteiger partial charge in [0.2, 0.25) is 0 Å². The lowest BCUT2D eigenvalue weighted by Crippen LogP contribution is -2.41. The Morgan fingerprint density at radius 3 is 2.46 bits per heavy atom. The van der Waals surface area contributed by atoms with Crippen LogP contribution in [-0.4, -0.2) is 25.7 Å². The van der Waals surface area contributed by atoms with Crippen molar-refractivity contribution in [1.29, 1.82) is 0 Å². The van der Waals surface area contributed by atoms with Gasteiger partial charge in [-0.25, -0.2) is 0 Å². The van der Waals surface area contributed by atoms with Gasteiger partial charge < -0.3 is 14.4 Å². The monoisotopic (exact) mass is 351 g/mol. The standard InChI is InChI=1S/C19H26ClNO3/c1-2-3-4-5-6-7-8-12-21-17-15(10-9-11-16(17)20)19(18(21)22)23-13-14-24-19/h9-11H,2-8,12-14H2,1H3. The predicted molar refractivity (Wildman–Crippen MR) is 95.4 cm³/mol. The minimum Gasteiger partial charge on any atom is -0.336 e. The van der Waals surface area contributed by atoms with Gasteiger partial charge in [0, 0.05) is 12.1 Å². The zero-order valence-corrected chi connectivity index (χ0v) is 15.1. The van der Waals surface area contributed by atoms with Gasteiger partial charge >= 0.3 is 0 Å². The lowest BCUT2D eigenvalue weighted by atomic mass is 10.1. The molecule has 3 rings (SSSR count). The highest BCUT2D eigenvalue weighted by Gasteiger charge is 2.56. The zero-order chi connectivity index (χ0) is 17.0. The molecule has 1 aromatic rings. The van der Waals surface area contributed by atoms with Gasteiger partial charge in [-0.15, -0.1) is 0 Å². The fourth-order valence-electron chi connectivity index (χ4n) is 3.58. The molecule has 0 saturated carbocycles. The zero-order valence-electron chi connectivity index (χ0n) is 14.4. The van der Waals surface area contributed by atoms with Crippen molar-refractivity contribution in [3.8, 4) is 0 Å². The maximum Gasteiger partial charge on any atom is 0.292 e. The molecule has 1 spiro atoms. The van der Waals surface area contributed by atoms with Crippen molar-refractivity contribution >= 4 is 23.2 Å². The van der Waals surface area contributed by atoms with Crippen LogP contribution in [0.15, 0.2) is 18.2 Å². The average Bonchev–Trinajstić information content (AvgIpc) is 3.16. The molecule has 0 radical (unpaired) electrons. The molecule has 0 aromatic heterocycles. The van der Waals surface area contributed by atoms with E-state index >= 15 is 0 Å². The van der Waals surface area contributed by atoms with Crippen molar-refractivity contribution < 1.29 is 14.3 Å². The number of halogens is 1. The molecule has 2 heterocycles. The van der Waals surface area contributed by atoms with Gasteiger partial charge in [0.05, 0.1) is 23.9 Å². The molecule has 132 valence electrons. The van der Waals surface area contributed by atoms with Crippen LogP contribution in [0.3, 0.4) is 0 Å².